The maximum atomic E-state index is 12.7. The molecule has 0 heterocycles. The van der Waals surface area contributed by atoms with E-state index in [0.29, 0.717) is 11.7 Å². The second-order valence-corrected chi connectivity index (χ2v) is 5.61. The molecule has 0 amide bonds. The molecule has 0 radical (unpaired) electrons. The van der Waals surface area contributed by atoms with Gasteiger partial charge in [0.1, 0.15) is 11.9 Å². The molecule has 2 nitrogen and oxygen atoms in total. The van der Waals surface area contributed by atoms with Crippen molar-refractivity contribution in [1.82, 2.24) is 4.90 Å². The van der Waals surface area contributed by atoms with Crippen molar-refractivity contribution in [3.8, 4) is 5.75 Å². The molecular weight excluding hydrogens is 267 g/mol. The predicted octanol–water partition coefficient (Wildman–Crippen LogP) is 3.81. The van der Waals surface area contributed by atoms with Crippen LogP contribution in [0.5, 0.6) is 5.75 Å². The summed E-state index contributed by atoms with van der Waals surface area (Å²) in [6, 6.07) is 5.15. The van der Waals surface area contributed by atoms with Crippen LogP contribution in [0, 0.1) is 5.92 Å². The van der Waals surface area contributed by atoms with Crippen molar-refractivity contribution in [3.63, 3.8) is 0 Å². The highest BCUT2D eigenvalue weighted by atomic mass is 19.4. The van der Waals surface area contributed by atoms with Crippen LogP contribution < -0.4 is 4.74 Å². The lowest BCUT2D eigenvalue weighted by atomic mass is 10.1. The quantitative estimate of drug-likeness (QED) is 0.788. The molecule has 5 heteroatoms. The van der Waals surface area contributed by atoms with Crippen molar-refractivity contribution < 1.29 is 17.9 Å². The van der Waals surface area contributed by atoms with E-state index in [0.717, 1.165) is 37.9 Å². The molecule has 1 fully saturated rings. The minimum absolute atomic E-state index is 0.0147. The second kappa shape index (κ2) is 6.04. The van der Waals surface area contributed by atoms with E-state index in [2.05, 4.69) is 4.90 Å². The average Bonchev–Trinajstić information content (AvgIpc) is 3.18. The third-order valence-corrected chi connectivity index (χ3v) is 3.46. The summed E-state index contributed by atoms with van der Waals surface area (Å²) in [5.74, 6) is 0.806. The zero-order valence-electron chi connectivity index (χ0n) is 11.8. The van der Waals surface area contributed by atoms with E-state index in [1.54, 1.807) is 6.07 Å². The molecule has 2 rings (SSSR count). The van der Waals surface area contributed by atoms with Gasteiger partial charge in [0.2, 0.25) is 0 Å². The zero-order valence-corrected chi connectivity index (χ0v) is 11.8. The van der Waals surface area contributed by atoms with Gasteiger partial charge in [-0.2, -0.15) is 13.2 Å². The van der Waals surface area contributed by atoms with E-state index in [1.807, 2.05) is 14.1 Å². The van der Waals surface area contributed by atoms with Crippen LogP contribution >= 0.6 is 0 Å². The van der Waals surface area contributed by atoms with Crippen LogP contribution in [0.2, 0.25) is 0 Å². The first-order valence-corrected chi connectivity index (χ1v) is 6.85. The van der Waals surface area contributed by atoms with Crippen LogP contribution in [0.1, 0.15) is 24.8 Å². The molecule has 1 unspecified atom stereocenters. The molecule has 20 heavy (non-hydrogen) atoms. The summed E-state index contributed by atoms with van der Waals surface area (Å²) in [5, 5.41) is 0. The Bertz CT molecular complexity index is 441. The molecular formula is C15H20F3NO. The van der Waals surface area contributed by atoms with Crippen molar-refractivity contribution in [2.45, 2.75) is 31.5 Å². The molecule has 0 N–H and O–H groups in total. The lowest BCUT2D eigenvalue weighted by molar-refractivity contribution is -0.137. The zero-order chi connectivity index (χ0) is 14.8. The molecule has 1 aromatic rings. The first kappa shape index (κ1) is 15.2. The molecule has 0 spiro atoms. The number of nitrogens with zero attached hydrogens (tertiary/aromatic N) is 1. The second-order valence-electron chi connectivity index (χ2n) is 5.61. The van der Waals surface area contributed by atoms with E-state index in [9.17, 15) is 13.2 Å². The minimum Gasteiger partial charge on any atom is -0.490 e. The molecule has 1 aliphatic rings. The van der Waals surface area contributed by atoms with Gasteiger partial charge in [-0.3, -0.25) is 0 Å². The number of rotatable bonds is 6. The summed E-state index contributed by atoms with van der Waals surface area (Å²) >= 11 is 0. The maximum Gasteiger partial charge on any atom is 0.416 e. The number of hydrogen-bond donors (Lipinski definition) is 0. The van der Waals surface area contributed by atoms with Crippen LogP contribution in [0.3, 0.4) is 0 Å². The SMILES string of the molecule is CN(C)CCC(Oc1cccc(C(F)(F)F)c1)C1CC1. The molecule has 1 aliphatic carbocycles. The van der Waals surface area contributed by atoms with E-state index in [1.165, 1.54) is 6.07 Å². The molecule has 0 bridgehead atoms. The normalized spacial score (nSPS) is 17.3. The van der Waals surface area contributed by atoms with E-state index < -0.39 is 11.7 Å². The number of benzene rings is 1. The molecule has 0 aromatic heterocycles. The van der Waals surface area contributed by atoms with Crippen LogP contribution in [0.25, 0.3) is 0 Å². The molecule has 0 saturated heterocycles. The third kappa shape index (κ3) is 4.40. The molecule has 0 aliphatic heterocycles. The van der Waals surface area contributed by atoms with Gasteiger partial charge in [0.15, 0.2) is 0 Å². The fourth-order valence-electron chi connectivity index (χ4n) is 2.16. The van der Waals surface area contributed by atoms with Gasteiger partial charge >= 0.3 is 6.18 Å². The highest BCUT2D eigenvalue weighted by Gasteiger charge is 2.34. The number of hydrogen-bond acceptors (Lipinski definition) is 2. The summed E-state index contributed by atoms with van der Waals surface area (Å²) in [5.41, 5.74) is -0.655. The summed E-state index contributed by atoms with van der Waals surface area (Å²) < 4.78 is 43.8. The highest BCUT2D eigenvalue weighted by Crippen LogP contribution is 2.37. The van der Waals surface area contributed by atoms with Crippen molar-refractivity contribution in [1.29, 1.82) is 0 Å². The minimum atomic E-state index is -4.32. The van der Waals surface area contributed by atoms with Gasteiger partial charge in [-0.15, -0.1) is 0 Å². The van der Waals surface area contributed by atoms with Crippen molar-refractivity contribution in [2.75, 3.05) is 20.6 Å². The number of ether oxygens (including phenoxy) is 1. The standard InChI is InChI=1S/C15H20F3NO/c1-19(2)9-8-14(11-6-7-11)20-13-5-3-4-12(10-13)15(16,17)18/h3-5,10-11,14H,6-9H2,1-2H3. The van der Waals surface area contributed by atoms with Gasteiger partial charge in [0.25, 0.3) is 0 Å². The first-order chi connectivity index (χ1) is 9.36. The van der Waals surface area contributed by atoms with Crippen molar-refractivity contribution in [2.24, 2.45) is 5.92 Å². The van der Waals surface area contributed by atoms with Crippen LogP contribution in [0.4, 0.5) is 13.2 Å². The Balaban J connectivity index is 2.03. The molecule has 1 saturated carbocycles. The fourth-order valence-corrected chi connectivity index (χ4v) is 2.16. The Labute approximate surface area is 117 Å². The number of halogens is 3. The van der Waals surface area contributed by atoms with Gasteiger partial charge in [-0.25, -0.2) is 0 Å². The Morgan fingerprint density at radius 1 is 1.30 bits per heavy atom. The maximum absolute atomic E-state index is 12.7. The topological polar surface area (TPSA) is 12.5 Å². The summed E-state index contributed by atoms with van der Waals surface area (Å²) in [6.07, 6.45) is -1.25. The Morgan fingerprint density at radius 2 is 2.00 bits per heavy atom. The molecule has 1 atom stereocenters. The average molecular weight is 287 g/mol. The monoisotopic (exact) mass is 287 g/mol. The Hall–Kier alpha value is -1.23. The highest BCUT2D eigenvalue weighted by molar-refractivity contribution is 5.30. The lowest BCUT2D eigenvalue weighted by Crippen LogP contribution is -2.25. The van der Waals surface area contributed by atoms with E-state index >= 15 is 0 Å². The molecule has 1 aromatic carbocycles. The number of alkyl halides is 3. The lowest BCUT2D eigenvalue weighted by Gasteiger charge is -2.21. The van der Waals surface area contributed by atoms with E-state index in [4.69, 9.17) is 4.74 Å². The van der Waals surface area contributed by atoms with Crippen LogP contribution in [0.15, 0.2) is 24.3 Å². The first-order valence-electron chi connectivity index (χ1n) is 6.85. The summed E-state index contributed by atoms with van der Waals surface area (Å²) in [7, 11) is 3.96. The van der Waals surface area contributed by atoms with Gasteiger partial charge in [-0.1, -0.05) is 6.07 Å². The van der Waals surface area contributed by atoms with Crippen molar-refractivity contribution >= 4 is 0 Å². The van der Waals surface area contributed by atoms with E-state index in [-0.39, 0.29) is 6.10 Å². The Kier molecular flexibility index (Phi) is 4.58. The largest absolute Gasteiger partial charge is 0.490 e. The van der Waals surface area contributed by atoms with Gasteiger partial charge < -0.3 is 9.64 Å². The van der Waals surface area contributed by atoms with Gasteiger partial charge in [-0.05, 0) is 57.5 Å². The third-order valence-electron chi connectivity index (χ3n) is 3.46. The predicted molar refractivity (Wildman–Crippen MR) is 71.8 cm³/mol. The van der Waals surface area contributed by atoms with Crippen LogP contribution in [-0.4, -0.2) is 31.6 Å². The van der Waals surface area contributed by atoms with Crippen LogP contribution in [-0.2, 0) is 6.18 Å². The Morgan fingerprint density at radius 3 is 2.55 bits per heavy atom. The summed E-state index contributed by atoms with van der Waals surface area (Å²) in [6.45, 7) is 0.875. The van der Waals surface area contributed by atoms with Gasteiger partial charge in [0.05, 0.1) is 5.56 Å². The molecule has 112 valence electrons. The summed E-state index contributed by atoms with van der Waals surface area (Å²) in [4.78, 5) is 2.06. The van der Waals surface area contributed by atoms with Crippen molar-refractivity contribution in [3.05, 3.63) is 29.8 Å². The smallest absolute Gasteiger partial charge is 0.416 e. The van der Waals surface area contributed by atoms with Gasteiger partial charge in [0, 0.05) is 6.54 Å². The fraction of sp³-hybridized carbons (Fsp3) is 0.600.